The van der Waals surface area contributed by atoms with Crippen molar-refractivity contribution in [2.45, 2.75) is 71.6 Å². The maximum absolute atomic E-state index is 8.00. The number of aryl methyl sites for hydroxylation is 2. The minimum absolute atomic E-state index is 0. The molecule has 0 spiro atoms. The monoisotopic (exact) mass is 367 g/mol. The minimum atomic E-state index is 0. The lowest BCUT2D eigenvalue weighted by Gasteiger charge is -2.27. The Morgan fingerprint density at radius 1 is 1.04 bits per heavy atom. The second-order valence-corrected chi connectivity index (χ2v) is 7.46. The molecule has 146 valence electrons. The number of carbonyl (C=O) groups is 1. The van der Waals surface area contributed by atoms with Gasteiger partial charge in [0.1, 0.15) is 18.6 Å². The molecule has 4 rings (SSSR count). The van der Waals surface area contributed by atoms with E-state index in [2.05, 4.69) is 61.6 Å². The average molecular weight is 368 g/mol. The van der Waals surface area contributed by atoms with Crippen molar-refractivity contribution in [3.63, 3.8) is 0 Å². The molecule has 0 aliphatic heterocycles. The molecule has 3 nitrogen and oxygen atoms in total. The molecule has 0 bridgehead atoms. The smallest absolute Gasteiger partial charge is 0.140 e. The third kappa shape index (κ3) is 4.78. The summed E-state index contributed by atoms with van der Waals surface area (Å²) in [6.07, 6.45) is 6.53. The summed E-state index contributed by atoms with van der Waals surface area (Å²) >= 11 is 0. The predicted octanol–water partition coefficient (Wildman–Crippen LogP) is 5.33. The van der Waals surface area contributed by atoms with Gasteiger partial charge in [-0.3, -0.25) is 0 Å². The van der Waals surface area contributed by atoms with Crippen molar-refractivity contribution >= 4 is 6.79 Å². The van der Waals surface area contributed by atoms with E-state index >= 15 is 0 Å². The molecule has 0 radical (unpaired) electrons. The molecule has 2 atom stereocenters. The first-order valence-corrected chi connectivity index (χ1v) is 9.57. The Morgan fingerprint density at radius 2 is 1.74 bits per heavy atom. The molecule has 1 N–H and O–H groups in total. The zero-order chi connectivity index (χ0) is 18.5. The van der Waals surface area contributed by atoms with Crippen LogP contribution in [0.5, 0.6) is 5.75 Å². The molecule has 2 aromatic carbocycles. The van der Waals surface area contributed by atoms with Gasteiger partial charge in [0.25, 0.3) is 0 Å². The molecular weight excluding hydrogens is 334 g/mol. The molecule has 27 heavy (non-hydrogen) atoms. The first-order valence-electron chi connectivity index (χ1n) is 9.57. The number of ether oxygens (including phenoxy) is 1. The highest BCUT2D eigenvalue weighted by Gasteiger charge is 2.35. The average Bonchev–Trinajstić information content (AvgIpc) is 3.28. The number of benzene rings is 2. The van der Waals surface area contributed by atoms with Crippen LogP contribution in [0.15, 0.2) is 42.5 Å². The highest BCUT2D eigenvalue weighted by Crippen LogP contribution is 2.37. The van der Waals surface area contributed by atoms with Gasteiger partial charge in [-0.1, -0.05) is 62.2 Å². The Labute approximate surface area is 164 Å². The van der Waals surface area contributed by atoms with E-state index in [0.717, 1.165) is 12.2 Å². The molecule has 0 heterocycles. The van der Waals surface area contributed by atoms with Gasteiger partial charge in [0.05, 0.1) is 6.04 Å². The van der Waals surface area contributed by atoms with Crippen molar-refractivity contribution in [2.75, 3.05) is 0 Å². The van der Waals surface area contributed by atoms with E-state index in [0.29, 0.717) is 12.1 Å². The topological polar surface area (TPSA) is 38.3 Å². The lowest BCUT2D eigenvalue weighted by atomic mass is 10.1. The van der Waals surface area contributed by atoms with Crippen LogP contribution < -0.4 is 10.1 Å². The molecule has 1 unspecified atom stereocenters. The van der Waals surface area contributed by atoms with Crippen molar-refractivity contribution in [2.24, 2.45) is 0 Å². The van der Waals surface area contributed by atoms with Gasteiger partial charge in [0.2, 0.25) is 0 Å². The summed E-state index contributed by atoms with van der Waals surface area (Å²) in [5.74, 6) is 1.01. The van der Waals surface area contributed by atoms with E-state index in [1.807, 2.05) is 6.79 Å². The van der Waals surface area contributed by atoms with Crippen LogP contribution in [0.1, 0.15) is 61.5 Å². The second-order valence-electron chi connectivity index (χ2n) is 7.46. The van der Waals surface area contributed by atoms with Crippen molar-refractivity contribution in [3.8, 4) is 5.75 Å². The number of carbonyl (C=O) groups excluding carboxylic acids is 1. The normalized spacial score (nSPS) is 21.0. The molecule has 1 saturated carbocycles. The largest absolute Gasteiger partial charge is 0.484 e. The van der Waals surface area contributed by atoms with Crippen molar-refractivity contribution in [1.82, 2.24) is 5.32 Å². The van der Waals surface area contributed by atoms with Crippen LogP contribution in [0.4, 0.5) is 0 Å². The van der Waals surface area contributed by atoms with E-state index in [-0.39, 0.29) is 13.5 Å². The van der Waals surface area contributed by atoms with Gasteiger partial charge in [-0.25, -0.2) is 0 Å². The van der Waals surface area contributed by atoms with Crippen LogP contribution in [0.25, 0.3) is 0 Å². The fourth-order valence-electron chi connectivity index (χ4n) is 4.31. The van der Waals surface area contributed by atoms with E-state index in [1.54, 1.807) is 0 Å². The summed E-state index contributed by atoms with van der Waals surface area (Å²) in [4.78, 5) is 8.00. The molecule has 0 amide bonds. The fraction of sp³-hybridized carbons (Fsp3) is 0.458. The van der Waals surface area contributed by atoms with Crippen molar-refractivity contribution in [1.29, 1.82) is 0 Å². The van der Waals surface area contributed by atoms with Gasteiger partial charge in [0, 0.05) is 6.04 Å². The molecule has 1 fully saturated rings. The first kappa shape index (κ1) is 21.2. The third-order valence-corrected chi connectivity index (χ3v) is 5.56. The fourth-order valence-corrected chi connectivity index (χ4v) is 4.31. The Bertz CT molecular complexity index is 737. The number of hydrogen-bond acceptors (Lipinski definition) is 3. The number of nitrogens with one attached hydrogen (secondary N) is 1. The summed E-state index contributed by atoms with van der Waals surface area (Å²) in [6.45, 7) is 6.27. The number of rotatable bonds is 4. The minimum Gasteiger partial charge on any atom is -0.484 e. The SMILES string of the molecule is C.C=O.Cc1ccc(OC2c3ccccc3C[C@H]2NC2CCCC2)c(C)c1. The standard InChI is InChI=1S/C22H27NO.CH2O.CH4/c1-15-11-12-21(16(2)13-15)24-22-19-10-6-3-7-17(19)14-20(22)23-18-8-4-5-9-18;1-2;/h3,6-7,10-13,18,20,22-23H,4-5,8-9,14H2,1-2H3;1H2;1H4/t20-,22?;;/m1../s1. The summed E-state index contributed by atoms with van der Waals surface area (Å²) in [5.41, 5.74) is 5.29. The van der Waals surface area contributed by atoms with Crippen molar-refractivity contribution < 1.29 is 9.53 Å². The van der Waals surface area contributed by atoms with Gasteiger partial charge >= 0.3 is 0 Å². The first-order chi connectivity index (χ1) is 12.7. The Hall–Kier alpha value is -2.13. The Morgan fingerprint density at radius 3 is 2.44 bits per heavy atom. The van der Waals surface area contributed by atoms with Crippen LogP contribution in [-0.2, 0) is 11.2 Å². The maximum atomic E-state index is 8.00. The number of fused-ring (bicyclic) bond motifs is 1. The highest BCUT2D eigenvalue weighted by atomic mass is 16.5. The molecule has 2 aliphatic rings. The summed E-state index contributed by atoms with van der Waals surface area (Å²) in [7, 11) is 0. The highest BCUT2D eigenvalue weighted by molar-refractivity contribution is 5.40. The van der Waals surface area contributed by atoms with Crippen LogP contribution in [0.2, 0.25) is 0 Å². The Balaban J connectivity index is 0.000000844. The molecule has 2 aliphatic carbocycles. The second kappa shape index (κ2) is 9.70. The molecule has 3 heteroatoms. The van der Waals surface area contributed by atoms with Gasteiger partial charge < -0.3 is 14.8 Å². The third-order valence-electron chi connectivity index (χ3n) is 5.56. The Kier molecular flexibility index (Phi) is 7.61. The molecule has 0 saturated heterocycles. The summed E-state index contributed by atoms with van der Waals surface area (Å²) in [6, 6.07) is 16.3. The maximum Gasteiger partial charge on any atom is 0.140 e. The van der Waals surface area contributed by atoms with Gasteiger partial charge in [-0.2, -0.15) is 0 Å². The lowest BCUT2D eigenvalue weighted by Crippen LogP contribution is -2.41. The lowest BCUT2D eigenvalue weighted by molar-refractivity contribution is -0.0979. The van der Waals surface area contributed by atoms with Crippen LogP contribution in [0, 0.1) is 13.8 Å². The summed E-state index contributed by atoms with van der Waals surface area (Å²) in [5, 5.41) is 3.90. The number of hydrogen-bond donors (Lipinski definition) is 1. The van der Waals surface area contributed by atoms with Crippen LogP contribution >= 0.6 is 0 Å². The van der Waals surface area contributed by atoms with Gasteiger partial charge in [-0.05, 0) is 55.9 Å². The van der Waals surface area contributed by atoms with Crippen LogP contribution in [0.3, 0.4) is 0 Å². The van der Waals surface area contributed by atoms with E-state index in [1.165, 1.54) is 47.9 Å². The van der Waals surface area contributed by atoms with Crippen LogP contribution in [-0.4, -0.2) is 18.9 Å². The molecule has 2 aromatic rings. The van der Waals surface area contributed by atoms with E-state index in [9.17, 15) is 0 Å². The summed E-state index contributed by atoms with van der Waals surface area (Å²) < 4.78 is 6.55. The molecule has 0 aromatic heterocycles. The van der Waals surface area contributed by atoms with Gasteiger partial charge in [-0.15, -0.1) is 0 Å². The zero-order valence-electron chi connectivity index (χ0n) is 15.8. The zero-order valence-corrected chi connectivity index (χ0v) is 15.8. The van der Waals surface area contributed by atoms with E-state index < -0.39 is 0 Å². The van der Waals surface area contributed by atoms with E-state index in [4.69, 9.17) is 9.53 Å². The van der Waals surface area contributed by atoms with Crippen molar-refractivity contribution in [3.05, 3.63) is 64.7 Å². The molecular formula is C24H33NO2. The quantitative estimate of drug-likeness (QED) is 0.793. The predicted molar refractivity (Wildman–Crippen MR) is 112 cm³/mol. The van der Waals surface area contributed by atoms with Gasteiger partial charge in [0.15, 0.2) is 0 Å².